The molecule has 0 unspecified atom stereocenters. The van der Waals surface area contributed by atoms with Gasteiger partial charge in [-0.1, -0.05) is 30.3 Å². The summed E-state index contributed by atoms with van der Waals surface area (Å²) < 4.78 is 66.7. The maximum atomic E-state index is 13.5. The van der Waals surface area contributed by atoms with E-state index in [0.29, 0.717) is 42.4 Å². The molecule has 2 heterocycles. The van der Waals surface area contributed by atoms with Crippen molar-refractivity contribution in [2.45, 2.75) is 32.1 Å². The number of hydrogen-bond donors (Lipinski definition) is 4. The lowest BCUT2D eigenvalue weighted by molar-refractivity contribution is -0.137. The third-order valence-corrected chi connectivity index (χ3v) is 6.10. The Morgan fingerprint density at radius 1 is 0.902 bits per heavy atom. The standard InChI is InChI=1S/C28H26F5N7O/c29-21-8-5-17(10-22(21)30)13-39-27(41)20-11-19(28(31,32)33)14-38-26(20)37-12-16-3-6-18(7-4-16)24-15-36-25(35)23(40-24)2-1-9-34/h3-8,10-11,14-15H,1-2,9,12-13,34H2,(H2,35,36)(H,37,38)(H,39,41). The van der Waals surface area contributed by atoms with Crippen LogP contribution in [0.4, 0.5) is 33.6 Å². The van der Waals surface area contributed by atoms with Crippen molar-refractivity contribution in [1.29, 1.82) is 0 Å². The molecule has 0 aliphatic rings. The number of alkyl halides is 3. The van der Waals surface area contributed by atoms with Crippen LogP contribution in [0, 0.1) is 11.6 Å². The van der Waals surface area contributed by atoms with Gasteiger partial charge >= 0.3 is 6.18 Å². The summed E-state index contributed by atoms with van der Waals surface area (Å²) in [7, 11) is 0. The van der Waals surface area contributed by atoms with E-state index < -0.39 is 29.3 Å². The molecule has 13 heteroatoms. The Balaban J connectivity index is 1.49. The monoisotopic (exact) mass is 571 g/mol. The number of carbonyl (C=O) groups excluding carboxylic acids is 1. The maximum Gasteiger partial charge on any atom is 0.417 e. The van der Waals surface area contributed by atoms with Gasteiger partial charge in [0.1, 0.15) is 11.6 Å². The number of nitrogen functional groups attached to an aromatic ring is 1. The molecule has 0 saturated heterocycles. The number of pyridine rings is 1. The largest absolute Gasteiger partial charge is 0.417 e. The van der Waals surface area contributed by atoms with Crippen molar-refractivity contribution in [3.05, 3.63) is 101 Å². The third-order valence-electron chi connectivity index (χ3n) is 6.10. The first-order chi connectivity index (χ1) is 19.5. The van der Waals surface area contributed by atoms with Gasteiger partial charge in [0.15, 0.2) is 11.6 Å². The van der Waals surface area contributed by atoms with Crippen LogP contribution in [0.1, 0.15) is 39.2 Å². The molecule has 1 amide bonds. The molecule has 6 N–H and O–H groups in total. The zero-order chi connectivity index (χ0) is 29.6. The summed E-state index contributed by atoms with van der Waals surface area (Å²) in [5.41, 5.74) is 13.0. The Labute approximate surface area is 232 Å². The molecule has 214 valence electrons. The minimum atomic E-state index is -4.73. The van der Waals surface area contributed by atoms with Crippen LogP contribution in [-0.2, 0) is 25.7 Å². The number of halogens is 5. The van der Waals surface area contributed by atoms with E-state index >= 15 is 0 Å². The molecule has 0 atom stereocenters. The lowest BCUT2D eigenvalue weighted by Crippen LogP contribution is -2.25. The minimum absolute atomic E-state index is 0.0844. The zero-order valence-corrected chi connectivity index (χ0v) is 21.6. The first kappa shape index (κ1) is 29.3. The SMILES string of the molecule is NCCCc1nc(-c2ccc(CNc3ncc(C(F)(F)F)cc3C(=O)NCc3ccc(F)c(F)c3)cc2)cnc1N. The molecule has 0 aliphatic heterocycles. The van der Waals surface area contributed by atoms with E-state index in [1.807, 2.05) is 0 Å². The number of aromatic nitrogens is 3. The fraction of sp³-hybridized carbons (Fsp3) is 0.214. The number of hydrogen-bond acceptors (Lipinski definition) is 7. The summed E-state index contributed by atoms with van der Waals surface area (Å²) in [5.74, 6) is -2.79. The van der Waals surface area contributed by atoms with Crippen molar-refractivity contribution in [1.82, 2.24) is 20.3 Å². The number of rotatable bonds is 10. The van der Waals surface area contributed by atoms with Crippen LogP contribution in [0.3, 0.4) is 0 Å². The molecular weight excluding hydrogens is 545 g/mol. The molecular formula is C28H26F5N7O. The predicted molar refractivity (Wildman–Crippen MR) is 143 cm³/mol. The number of anilines is 2. The minimum Gasteiger partial charge on any atom is -0.382 e. The van der Waals surface area contributed by atoms with Crippen LogP contribution < -0.4 is 22.1 Å². The average Bonchev–Trinajstić information content (AvgIpc) is 2.96. The summed E-state index contributed by atoms with van der Waals surface area (Å²) in [6, 6.07) is 10.9. The van der Waals surface area contributed by atoms with Gasteiger partial charge < -0.3 is 22.1 Å². The highest BCUT2D eigenvalue weighted by Crippen LogP contribution is 2.31. The highest BCUT2D eigenvalue weighted by molar-refractivity contribution is 5.98. The topological polar surface area (TPSA) is 132 Å². The fourth-order valence-electron chi connectivity index (χ4n) is 3.87. The van der Waals surface area contributed by atoms with E-state index in [9.17, 15) is 26.7 Å². The van der Waals surface area contributed by atoms with Gasteiger partial charge in [0.05, 0.1) is 28.7 Å². The van der Waals surface area contributed by atoms with Crippen molar-refractivity contribution in [2.24, 2.45) is 5.73 Å². The molecule has 4 aromatic rings. The third kappa shape index (κ3) is 7.51. The molecule has 4 rings (SSSR count). The second-order valence-electron chi connectivity index (χ2n) is 9.08. The highest BCUT2D eigenvalue weighted by Gasteiger charge is 2.32. The Morgan fingerprint density at radius 3 is 2.32 bits per heavy atom. The molecule has 2 aromatic heterocycles. The number of nitrogens with one attached hydrogen (secondary N) is 2. The predicted octanol–water partition coefficient (Wildman–Crippen LogP) is 4.85. The van der Waals surface area contributed by atoms with E-state index in [-0.39, 0.29) is 30.0 Å². The van der Waals surface area contributed by atoms with E-state index in [0.717, 1.165) is 29.7 Å². The Hall–Kier alpha value is -4.65. The van der Waals surface area contributed by atoms with E-state index in [4.69, 9.17) is 11.5 Å². The first-order valence-corrected chi connectivity index (χ1v) is 12.5. The van der Waals surface area contributed by atoms with Gasteiger partial charge in [0.25, 0.3) is 5.91 Å². The van der Waals surface area contributed by atoms with Gasteiger partial charge in [-0.15, -0.1) is 0 Å². The molecule has 0 radical (unpaired) electrons. The Bertz CT molecular complexity index is 1530. The molecule has 0 fully saturated rings. The van der Waals surface area contributed by atoms with E-state index in [1.165, 1.54) is 6.07 Å². The van der Waals surface area contributed by atoms with Gasteiger partial charge in [-0.25, -0.2) is 23.7 Å². The summed E-state index contributed by atoms with van der Waals surface area (Å²) in [6.07, 6.45) is -1.23. The normalized spacial score (nSPS) is 11.4. The van der Waals surface area contributed by atoms with Gasteiger partial charge in [-0.3, -0.25) is 4.79 Å². The van der Waals surface area contributed by atoms with Gasteiger partial charge in [0, 0.05) is 24.8 Å². The quantitative estimate of drug-likeness (QED) is 0.200. The maximum absolute atomic E-state index is 13.5. The summed E-state index contributed by atoms with van der Waals surface area (Å²) in [5, 5.41) is 5.32. The van der Waals surface area contributed by atoms with Gasteiger partial charge in [-0.05, 0) is 48.7 Å². The van der Waals surface area contributed by atoms with Gasteiger partial charge in [0.2, 0.25) is 0 Å². The number of benzene rings is 2. The lowest BCUT2D eigenvalue weighted by Gasteiger charge is -2.15. The molecule has 0 spiro atoms. The summed E-state index contributed by atoms with van der Waals surface area (Å²) >= 11 is 0. The van der Waals surface area contributed by atoms with Crippen LogP contribution in [0.15, 0.2) is 60.9 Å². The Kier molecular flexibility index (Phi) is 9.07. The number of amides is 1. The second-order valence-corrected chi connectivity index (χ2v) is 9.08. The van der Waals surface area contributed by atoms with E-state index in [2.05, 4.69) is 25.6 Å². The first-order valence-electron chi connectivity index (χ1n) is 12.5. The molecule has 0 aliphatic carbocycles. The number of nitrogens with zero attached hydrogens (tertiary/aromatic N) is 3. The lowest BCUT2D eigenvalue weighted by atomic mass is 10.1. The smallest absolute Gasteiger partial charge is 0.382 e. The molecule has 8 nitrogen and oxygen atoms in total. The summed E-state index contributed by atoms with van der Waals surface area (Å²) in [4.78, 5) is 25.4. The molecule has 0 saturated carbocycles. The van der Waals surface area contributed by atoms with Crippen molar-refractivity contribution in [3.8, 4) is 11.3 Å². The fourth-order valence-corrected chi connectivity index (χ4v) is 3.87. The van der Waals surface area contributed by atoms with Crippen molar-refractivity contribution in [3.63, 3.8) is 0 Å². The van der Waals surface area contributed by atoms with Crippen LogP contribution >= 0.6 is 0 Å². The average molecular weight is 572 g/mol. The Morgan fingerprint density at radius 2 is 1.63 bits per heavy atom. The van der Waals surface area contributed by atoms with Crippen molar-refractivity contribution < 1.29 is 26.7 Å². The van der Waals surface area contributed by atoms with Crippen LogP contribution in [-0.4, -0.2) is 27.4 Å². The van der Waals surface area contributed by atoms with E-state index in [1.54, 1.807) is 30.5 Å². The van der Waals surface area contributed by atoms with Gasteiger partial charge in [-0.2, -0.15) is 13.2 Å². The van der Waals surface area contributed by atoms with Crippen LogP contribution in [0.25, 0.3) is 11.3 Å². The molecule has 41 heavy (non-hydrogen) atoms. The molecule has 0 bridgehead atoms. The second kappa shape index (κ2) is 12.7. The van der Waals surface area contributed by atoms with Crippen LogP contribution in [0.5, 0.6) is 0 Å². The number of aryl methyl sites for hydroxylation is 1. The van der Waals surface area contributed by atoms with Crippen molar-refractivity contribution >= 4 is 17.5 Å². The summed E-state index contributed by atoms with van der Waals surface area (Å²) in [6.45, 7) is 0.394. The van der Waals surface area contributed by atoms with Crippen LogP contribution in [0.2, 0.25) is 0 Å². The number of carbonyl (C=O) groups is 1. The highest BCUT2D eigenvalue weighted by atomic mass is 19.4. The zero-order valence-electron chi connectivity index (χ0n) is 21.6. The molecule has 2 aromatic carbocycles. The number of nitrogens with two attached hydrogens (primary N) is 2. The van der Waals surface area contributed by atoms with Crippen molar-refractivity contribution in [2.75, 3.05) is 17.6 Å².